The number of aryl methyl sites for hydroxylation is 2. The Kier molecular flexibility index (Phi) is 4.78. The molecule has 2 aromatic carbocycles. The number of imidazole rings is 1. The number of hydrogen-bond acceptors (Lipinski definition) is 6. The summed E-state index contributed by atoms with van der Waals surface area (Å²) in [4.78, 5) is 16.4. The highest BCUT2D eigenvalue weighted by molar-refractivity contribution is 6.35. The molecule has 0 radical (unpaired) electrons. The van der Waals surface area contributed by atoms with Crippen molar-refractivity contribution in [1.29, 1.82) is 0 Å². The van der Waals surface area contributed by atoms with Crippen LogP contribution >= 0.6 is 11.6 Å². The molecule has 0 bridgehead atoms. The summed E-state index contributed by atoms with van der Waals surface area (Å²) in [7, 11) is 0. The number of benzene rings is 2. The van der Waals surface area contributed by atoms with Crippen molar-refractivity contribution in [2.75, 3.05) is 31.2 Å². The zero-order valence-corrected chi connectivity index (χ0v) is 19.1. The zero-order chi connectivity index (χ0) is 22.5. The van der Waals surface area contributed by atoms with Crippen LogP contribution in [0.15, 0.2) is 42.6 Å². The third-order valence-electron chi connectivity index (χ3n) is 6.07. The molecule has 0 aliphatic carbocycles. The van der Waals surface area contributed by atoms with Crippen LogP contribution in [0.5, 0.6) is 0 Å². The van der Waals surface area contributed by atoms with E-state index in [0.29, 0.717) is 24.1 Å². The average molecular weight is 460 g/mol. The number of para-hydroxylation sites is 1. The van der Waals surface area contributed by atoms with Gasteiger partial charge in [-0.25, -0.2) is 9.97 Å². The van der Waals surface area contributed by atoms with Gasteiger partial charge in [-0.05, 0) is 38.1 Å². The molecule has 1 fully saturated rings. The zero-order valence-electron chi connectivity index (χ0n) is 18.3. The van der Waals surface area contributed by atoms with E-state index in [1.807, 2.05) is 38.1 Å². The Labute approximate surface area is 195 Å². The summed E-state index contributed by atoms with van der Waals surface area (Å²) in [6.45, 7) is 6.99. The van der Waals surface area contributed by atoms with Gasteiger partial charge in [0.2, 0.25) is 0 Å². The molecule has 1 aliphatic heterocycles. The molecule has 3 aromatic heterocycles. The quantitative estimate of drug-likeness (QED) is 0.428. The van der Waals surface area contributed by atoms with Crippen molar-refractivity contribution in [3.05, 3.63) is 59.3 Å². The predicted molar refractivity (Wildman–Crippen MR) is 129 cm³/mol. The summed E-state index contributed by atoms with van der Waals surface area (Å²) in [5.41, 5.74) is 5.60. The maximum atomic E-state index is 6.46. The second-order valence-corrected chi connectivity index (χ2v) is 8.57. The van der Waals surface area contributed by atoms with Crippen molar-refractivity contribution >= 4 is 39.2 Å². The molecule has 0 amide bonds. The van der Waals surface area contributed by atoms with E-state index < -0.39 is 0 Å². The van der Waals surface area contributed by atoms with Gasteiger partial charge in [0.25, 0.3) is 0 Å². The number of anilines is 1. The normalized spacial score (nSPS) is 14.5. The van der Waals surface area contributed by atoms with Crippen LogP contribution in [-0.4, -0.2) is 56.0 Å². The van der Waals surface area contributed by atoms with E-state index in [4.69, 9.17) is 21.3 Å². The third kappa shape index (κ3) is 3.34. The minimum absolute atomic E-state index is 0.627. The summed E-state index contributed by atoms with van der Waals surface area (Å²) in [6, 6.07) is 12.2. The first kappa shape index (κ1) is 20.1. The van der Waals surface area contributed by atoms with E-state index in [0.717, 1.165) is 63.6 Å². The third-order valence-corrected chi connectivity index (χ3v) is 6.37. The molecule has 5 aromatic rings. The maximum Gasteiger partial charge on any atom is 0.183 e. The van der Waals surface area contributed by atoms with Gasteiger partial charge >= 0.3 is 0 Å². The van der Waals surface area contributed by atoms with E-state index in [2.05, 4.69) is 41.8 Å². The number of hydrogen-bond donors (Lipinski definition) is 1. The van der Waals surface area contributed by atoms with Gasteiger partial charge in [0.15, 0.2) is 5.82 Å². The highest BCUT2D eigenvalue weighted by Crippen LogP contribution is 2.36. The van der Waals surface area contributed by atoms with Crippen molar-refractivity contribution in [2.24, 2.45) is 0 Å². The van der Waals surface area contributed by atoms with Crippen molar-refractivity contribution in [2.45, 2.75) is 13.8 Å². The van der Waals surface area contributed by atoms with Crippen LogP contribution in [0.2, 0.25) is 5.02 Å². The molecule has 0 saturated carbocycles. The van der Waals surface area contributed by atoms with Crippen LogP contribution < -0.4 is 4.90 Å². The average Bonchev–Trinajstić information content (AvgIpc) is 3.41. The fraction of sp³-hybridized carbons (Fsp3) is 0.250. The molecular formula is C24H22ClN7O. The van der Waals surface area contributed by atoms with Crippen LogP contribution in [0.4, 0.5) is 5.69 Å². The monoisotopic (exact) mass is 459 g/mol. The molecule has 0 unspecified atom stereocenters. The van der Waals surface area contributed by atoms with Crippen molar-refractivity contribution in [3.63, 3.8) is 0 Å². The summed E-state index contributed by atoms with van der Waals surface area (Å²) >= 11 is 6.46. The van der Waals surface area contributed by atoms with Gasteiger partial charge in [0, 0.05) is 30.4 Å². The Hall–Kier alpha value is -3.49. The number of nitrogens with zero attached hydrogens (tertiary/aromatic N) is 6. The first-order valence-electron chi connectivity index (χ1n) is 10.9. The SMILES string of the molecule is Cc1nc(-c2cc(N3CCOCC3)cc3c2nc(C)n3-c2ccnc3c(Cl)cccc23)n[nH]1. The molecule has 0 atom stereocenters. The molecule has 33 heavy (non-hydrogen) atoms. The van der Waals surface area contributed by atoms with E-state index in [1.165, 1.54) is 0 Å². The van der Waals surface area contributed by atoms with Gasteiger partial charge in [0.1, 0.15) is 17.2 Å². The van der Waals surface area contributed by atoms with E-state index >= 15 is 0 Å². The van der Waals surface area contributed by atoms with Crippen LogP contribution in [0, 0.1) is 13.8 Å². The lowest BCUT2D eigenvalue weighted by Gasteiger charge is -2.29. The van der Waals surface area contributed by atoms with Gasteiger partial charge in [-0.3, -0.25) is 14.6 Å². The van der Waals surface area contributed by atoms with Gasteiger partial charge < -0.3 is 9.64 Å². The fourth-order valence-corrected chi connectivity index (χ4v) is 4.76. The standard InChI is InChI=1S/C24H22ClN7O/c1-14-27-24(30-29-14)18-12-16(31-8-10-33-11-9-31)13-21-23(18)28-15(2)32(21)20-6-7-26-22-17(20)4-3-5-19(22)25/h3-7,12-13H,8-11H2,1-2H3,(H,27,29,30). The highest BCUT2D eigenvalue weighted by atomic mass is 35.5. The van der Waals surface area contributed by atoms with Crippen molar-refractivity contribution in [1.82, 2.24) is 29.7 Å². The maximum absolute atomic E-state index is 6.46. The van der Waals surface area contributed by atoms with Gasteiger partial charge in [-0.1, -0.05) is 23.7 Å². The number of fused-ring (bicyclic) bond motifs is 2. The van der Waals surface area contributed by atoms with Crippen LogP contribution in [0.1, 0.15) is 11.6 Å². The number of ether oxygens (including phenoxy) is 1. The number of halogens is 1. The number of H-pyrrole nitrogens is 1. The Morgan fingerprint density at radius 1 is 1.03 bits per heavy atom. The fourth-order valence-electron chi connectivity index (χ4n) is 4.54. The highest BCUT2D eigenvalue weighted by Gasteiger charge is 2.22. The number of morpholine rings is 1. The lowest BCUT2D eigenvalue weighted by Crippen LogP contribution is -2.36. The molecule has 0 spiro atoms. The molecule has 1 saturated heterocycles. The summed E-state index contributed by atoms with van der Waals surface area (Å²) in [6.07, 6.45) is 1.79. The molecule has 1 aliphatic rings. The minimum Gasteiger partial charge on any atom is -0.378 e. The summed E-state index contributed by atoms with van der Waals surface area (Å²) in [5, 5.41) is 9.00. The molecule has 9 heteroatoms. The van der Waals surface area contributed by atoms with Gasteiger partial charge in [-0.15, -0.1) is 0 Å². The van der Waals surface area contributed by atoms with Gasteiger partial charge in [0.05, 0.1) is 40.5 Å². The first-order chi connectivity index (χ1) is 16.1. The molecule has 8 nitrogen and oxygen atoms in total. The molecular weight excluding hydrogens is 438 g/mol. The Bertz CT molecular complexity index is 1500. The van der Waals surface area contributed by atoms with Gasteiger partial charge in [-0.2, -0.15) is 5.10 Å². The smallest absolute Gasteiger partial charge is 0.183 e. The Balaban J connectivity index is 1.66. The topological polar surface area (TPSA) is 84.8 Å². The number of nitrogens with one attached hydrogen (secondary N) is 1. The number of pyridine rings is 1. The predicted octanol–water partition coefficient (Wildman–Crippen LogP) is 4.47. The minimum atomic E-state index is 0.627. The number of aromatic nitrogens is 6. The lowest BCUT2D eigenvalue weighted by molar-refractivity contribution is 0.122. The number of aromatic amines is 1. The van der Waals surface area contributed by atoms with Crippen molar-refractivity contribution in [3.8, 4) is 17.1 Å². The molecule has 166 valence electrons. The first-order valence-corrected chi connectivity index (χ1v) is 11.3. The Morgan fingerprint density at radius 2 is 1.88 bits per heavy atom. The van der Waals surface area contributed by atoms with Crippen LogP contribution in [-0.2, 0) is 4.74 Å². The molecule has 4 heterocycles. The Morgan fingerprint density at radius 3 is 2.67 bits per heavy atom. The largest absolute Gasteiger partial charge is 0.378 e. The molecule has 1 N–H and O–H groups in total. The summed E-state index contributed by atoms with van der Waals surface area (Å²) < 4.78 is 7.74. The molecule has 6 rings (SSSR count). The van der Waals surface area contributed by atoms with Crippen LogP contribution in [0.25, 0.3) is 39.0 Å². The number of rotatable bonds is 3. The second kappa shape index (κ2) is 7.83. The summed E-state index contributed by atoms with van der Waals surface area (Å²) in [5.74, 6) is 2.27. The lowest BCUT2D eigenvalue weighted by atomic mass is 10.1. The van der Waals surface area contributed by atoms with Crippen LogP contribution in [0.3, 0.4) is 0 Å². The van der Waals surface area contributed by atoms with E-state index in [9.17, 15) is 0 Å². The second-order valence-electron chi connectivity index (χ2n) is 8.17. The van der Waals surface area contributed by atoms with E-state index in [1.54, 1.807) is 6.20 Å². The van der Waals surface area contributed by atoms with Crippen molar-refractivity contribution < 1.29 is 4.74 Å². The van der Waals surface area contributed by atoms with E-state index in [-0.39, 0.29) is 0 Å².